The molecule has 0 spiro atoms. The van der Waals surface area contributed by atoms with Gasteiger partial charge in [0.05, 0.1) is 19.5 Å². The van der Waals surface area contributed by atoms with Crippen LogP contribution in [0.25, 0.3) is 0 Å². The maximum atomic E-state index is 12.0. The number of hydrogen-bond donors (Lipinski definition) is 3. The van der Waals surface area contributed by atoms with Crippen LogP contribution in [0, 0.1) is 6.92 Å². The van der Waals surface area contributed by atoms with Gasteiger partial charge in [0.25, 0.3) is 5.91 Å². The van der Waals surface area contributed by atoms with Crippen LogP contribution in [0.4, 0.5) is 11.5 Å². The lowest BCUT2D eigenvalue weighted by molar-refractivity contribution is 0.102. The van der Waals surface area contributed by atoms with E-state index in [1.54, 1.807) is 19.2 Å². The highest BCUT2D eigenvalue weighted by molar-refractivity contribution is 6.02. The second-order valence-electron chi connectivity index (χ2n) is 4.07. The molecule has 0 saturated heterocycles. The van der Waals surface area contributed by atoms with Crippen LogP contribution in [0.1, 0.15) is 16.1 Å². The zero-order chi connectivity index (χ0) is 14.5. The topological polar surface area (TPSA) is 102 Å². The molecule has 1 aromatic heterocycles. The molecule has 20 heavy (non-hydrogen) atoms. The molecule has 7 heteroatoms. The molecule has 0 atom stereocenters. The first-order valence-corrected chi connectivity index (χ1v) is 5.88. The van der Waals surface area contributed by atoms with E-state index in [0.29, 0.717) is 11.5 Å². The van der Waals surface area contributed by atoms with E-state index in [9.17, 15) is 4.79 Å². The Morgan fingerprint density at radius 3 is 2.65 bits per heavy atom. The summed E-state index contributed by atoms with van der Waals surface area (Å²) in [7, 11) is 1.60. The summed E-state index contributed by atoms with van der Waals surface area (Å²) in [6.07, 6.45) is 2.73. The molecule has 4 N–H and O–H groups in total. The molecule has 7 nitrogen and oxygen atoms in total. The Balaban J connectivity index is 2.12. The number of benzene rings is 1. The summed E-state index contributed by atoms with van der Waals surface area (Å²) >= 11 is 0. The van der Waals surface area contributed by atoms with Gasteiger partial charge in [-0.05, 0) is 30.7 Å². The summed E-state index contributed by atoms with van der Waals surface area (Å²) < 4.78 is 5.16. The zero-order valence-corrected chi connectivity index (χ0v) is 11.2. The average Bonchev–Trinajstić information content (AvgIpc) is 2.47. The minimum atomic E-state index is -0.342. The third-order valence-corrected chi connectivity index (χ3v) is 2.69. The summed E-state index contributed by atoms with van der Waals surface area (Å²) in [5.74, 6) is 5.99. The number of ether oxygens (including phenoxy) is 1. The van der Waals surface area contributed by atoms with Crippen LogP contribution in [0.3, 0.4) is 0 Å². The Bertz CT molecular complexity index is 613. The van der Waals surface area contributed by atoms with Crippen molar-refractivity contribution in [3.8, 4) is 5.75 Å². The molecule has 2 rings (SSSR count). The summed E-state index contributed by atoms with van der Waals surface area (Å²) in [6, 6.07) is 5.37. The van der Waals surface area contributed by atoms with Gasteiger partial charge >= 0.3 is 0 Å². The van der Waals surface area contributed by atoms with Crippen molar-refractivity contribution in [1.82, 2.24) is 9.97 Å². The van der Waals surface area contributed by atoms with E-state index in [1.807, 2.05) is 13.0 Å². The van der Waals surface area contributed by atoms with Crippen molar-refractivity contribution in [3.63, 3.8) is 0 Å². The number of hydrazine groups is 1. The van der Waals surface area contributed by atoms with E-state index in [2.05, 4.69) is 20.7 Å². The first-order chi connectivity index (χ1) is 9.63. The molecule has 0 aliphatic heterocycles. The fourth-order valence-corrected chi connectivity index (χ4v) is 1.67. The second kappa shape index (κ2) is 5.98. The van der Waals surface area contributed by atoms with Gasteiger partial charge in [-0.2, -0.15) is 0 Å². The van der Waals surface area contributed by atoms with Gasteiger partial charge in [-0.25, -0.2) is 15.8 Å². The molecule has 1 amide bonds. The Labute approximate surface area is 116 Å². The molecular formula is C13H15N5O2. The average molecular weight is 273 g/mol. The minimum absolute atomic E-state index is 0.206. The number of nitrogens with two attached hydrogens (primary N) is 1. The highest BCUT2D eigenvalue weighted by Gasteiger charge is 2.09. The Morgan fingerprint density at radius 2 is 2.10 bits per heavy atom. The molecule has 0 aliphatic carbocycles. The fraction of sp³-hybridized carbons (Fsp3) is 0.154. The van der Waals surface area contributed by atoms with Gasteiger partial charge < -0.3 is 15.5 Å². The first-order valence-electron chi connectivity index (χ1n) is 5.88. The summed E-state index contributed by atoms with van der Waals surface area (Å²) in [4.78, 5) is 19.9. The lowest BCUT2D eigenvalue weighted by atomic mass is 10.2. The standard InChI is InChI=1S/C13H15N5O2/c1-8-5-9(3-4-11(8)20-2)17-13(19)10-6-16-12(18-14)7-15-10/h3-7H,14H2,1-2H3,(H,16,18)(H,17,19). The molecule has 0 bridgehead atoms. The van der Waals surface area contributed by atoms with Crippen LogP contribution in [0.15, 0.2) is 30.6 Å². The van der Waals surface area contributed by atoms with E-state index >= 15 is 0 Å². The smallest absolute Gasteiger partial charge is 0.275 e. The summed E-state index contributed by atoms with van der Waals surface area (Å²) in [5.41, 5.74) is 4.14. The normalized spacial score (nSPS) is 9.95. The number of aromatic nitrogens is 2. The van der Waals surface area contributed by atoms with Crippen molar-refractivity contribution in [2.24, 2.45) is 5.84 Å². The maximum Gasteiger partial charge on any atom is 0.275 e. The van der Waals surface area contributed by atoms with E-state index in [4.69, 9.17) is 10.6 Å². The quantitative estimate of drug-likeness (QED) is 0.573. The SMILES string of the molecule is COc1ccc(NC(=O)c2cnc(NN)cn2)cc1C. The molecule has 104 valence electrons. The van der Waals surface area contributed by atoms with Crippen molar-refractivity contribution < 1.29 is 9.53 Å². The fourth-order valence-electron chi connectivity index (χ4n) is 1.67. The van der Waals surface area contributed by atoms with E-state index in [-0.39, 0.29) is 11.6 Å². The molecule has 0 fully saturated rings. The van der Waals surface area contributed by atoms with Crippen molar-refractivity contribution in [2.45, 2.75) is 6.92 Å². The van der Waals surface area contributed by atoms with Crippen molar-refractivity contribution in [2.75, 3.05) is 17.9 Å². The minimum Gasteiger partial charge on any atom is -0.496 e. The number of amides is 1. The molecule has 0 radical (unpaired) electrons. The van der Waals surface area contributed by atoms with Crippen LogP contribution >= 0.6 is 0 Å². The molecule has 0 aliphatic rings. The van der Waals surface area contributed by atoms with E-state index in [0.717, 1.165) is 11.3 Å². The number of methoxy groups -OCH3 is 1. The highest BCUT2D eigenvalue weighted by Crippen LogP contribution is 2.21. The van der Waals surface area contributed by atoms with Gasteiger partial charge in [0.1, 0.15) is 11.4 Å². The lowest BCUT2D eigenvalue weighted by Gasteiger charge is -2.08. The van der Waals surface area contributed by atoms with Gasteiger partial charge in [0.2, 0.25) is 0 Å². The molecule has 0 unspecified atom stereocenters. The number of aryl methyl sites for hydroxylation is 1. The van der Waals surface area contributed by atoms with E-state index in [1.165, 1.54) is 12.4 Å². The number of nitrogens with zero attached hydrogens (tertiary/aromatic N) is 2. The predicted molar refractivity (Wildman–Crippen MR) is 75.5 cm³/mol. The Morgan fingerprint density at radius 1 is 1.30 bits per heavy atom. The lowest BCUT2D eigenvalue weighted by Crippen LogP contribution is -2.15. The van der Waals surface area contributed by atoms with Crippen LogP contribution in [-0.2, 0) is 0 Å². The largest absolute Gasteiger partial charge is 0.496 e. The van der Waals surface area contributed by atoms with Crippen LogP contribution in [0.5, 0.6) is 5.75 Å². The number of nitrogen functional groups attached to an aromatic ring is 1. The van der Waals surface area contributed by atoms with Gasteiger partial charge in [0, 0.05) is 5.69 Å². The number of carbonyl (C=O) groups excluding carboxylic acids is 1. The van der Waals surface area contributed by atoms with Gasteiger partial charge in [-0.1, -0.05) is 0 Å². The summed E-state index contributed by atoms with van der Waals surface area (Å²) in [5, 5.41) is 2.74. The van der Waals surface area contributed by atoms with Gasteiger partial charge in [-0.15, -0.1) is 0 Å². The highest BCUT2D eigenvalue weighted by atomic mass is 16.5. The van der Waals surface area contributed by atoms with Crippen molar-refractivity contribution in [3.05, 3.63) is 41.9 Å². The van der Waals surface area contributed by atoms with Crippen LogP contribution < -0.4 is 21.3 Å². The molecule has 0 saturated carbocycles. The van der Waals surface area contributed by atoms with Crippen molar-refractivity contribution >= 4 is 17.4 Å². The molecule has 2 aromatic rings. The maximum absolute atomic E-state index is 12.0. The van der Waals surface area contributed by atoms with Crippen LogP contribution in [-0.4, -0.2) is 23.0 Å². The molecule has 1 aromatic carbocycles. The predicted octanol–water partition coefficient (Wildman–Crippen LogP) is 1.33. The molecule has 1 heterocycles. The van der Waals surface area contributed by atoms with Crippen LogP contribution in [0.2, 0.25) is 0 Å². The second-order valence-corrected chi connectivity index (χ2v) is 4.07. The summed E-state index contributed by atoms with van der Waals surface area (Å²) in [6.45, 7) is 1.90. The zero-order valence-electron chi connectivity index (χ0n) is 11.2. The number of carbonyl (C=O) groups is 1. The van der Waals surface area contributed by atoms with Crippen molar-refractivity contribution in [1.29, 1.82) is 0 Å². The molecular weight excluding hydrogens is 258 g/mol. The monoisotopic (exact) mass is 273 g/mol. The van der Waals surface area contributed by atoms with Gasteiger partial charge in [0.15, 0.2) is 5.82 Å². The Hall–Kier alpha value is -2.67. The third-order valence-electron chi connectivity index (χ3n) is 2.69. The third kappa shape index (κ3) is 3.01. The number of hydrogen-bond acceptors (Lipinski definition) is 6. The number of nitrogens with one attached hydrogen (secondary N) is 2. The van der Waals surface area contributed by atoms with Gasteiger partial charge in [-0.3, -0.25) is 4.79 Å². The number of anilines is 2. The first kappa shape index (κ1) is 13.8. The number of rotatable bonds is 4. The van der Waals surface area contributed by atoms with E-state index < -0.39 is 0 Å². The Kier molecular flexibility index (Phi) is 4.11.